The van der Waals surface area contributed by atoms with E-state index in [0.29, 0.717) is 18.2 Å². The smallest absolute Gasteiger partial charge is 0.416 e. The molecule has 0 amide bonds. The lowest BCUT2D eigenvalue weighted by molar-refractivity contribution is -0.137. The molecule has 0 aromatic heterocycles. The van der Waals surface area contributed by atoms with E-state index in [1.165, 1.54) is 6.92 Å². The second kappa shape index (κ2) is 6.10. The summed E-state index contributed by atoms with van der Waals surface area (Å²) in [6.07, 6.45) is -5.42. The van der Waals surface area contributed by atoms with E-state index >= 15 is 0 Å². The second-order valence-electron chi connectivity index (χ2n) is 3.62. The van der Waals surface area contributed by atoms with Gasteiger partial charge in [0.1, 0.15) is 12.7 Å². The summed E-state index contributed by atoms with van der Waals surface area (Å²) >= 11 is 4.93. The Morgan fingerprint density at radius 1 is 1.42 bits per heavy atom. The molecule has 0 N–H and O–H groups in total. The Balaban J connectivity index is 2.75. The molecule has 0 aliphatic rings. The number of halogens is 5. The van der Waals surface area contributed by atoms with Gasteiger partial charge in [0, 0.05) is 11.6 Å². The predicted octanol–water partition coefficient (Wildman–Crippen LogP) is 3.99. The van der Waals surface area contributed by atoms with Crippen LogP contribution in [0.5, 0.6) is 5.75 Å². The Kier molecular flexibility index (Phi) is 4.99. The van der Waals surface area contributed by atoms with E-state index in [-0.39, 0.29) is 6.61 Å². The van der Waals surface area contributed by atoms with E-state index < -0.39 is 34.8 Å². The lowest BCUT2D eigenvalue weighted by atomic mass is 10.2. The lowest BCUT2D eigenvalue weighted by Gasteiger charge is -2.14. The number of carbonyl (C=O) groups excluding carboxylic acids is 1. The third kappa shape index (κ3) is 4.94. The van der Waals surface area contributed by atoms with Crippen molar-refractivity contribution in [2.45, 2.75) is 19.2 Å². The summed E-state index contributed by atoms with van der Waals surface area (Å²) < 4.78 is 59.8. The van der Waals surface area contributed by atoms with Crippen LogP contribution >= 0.6 is 11.6 Å². The first-order valence-electron chi connectivity index (χ1n) is 5.06. The van der Waals surface area contributed by atoms with Crippen LogP contribution in [0.2, 0.25) is 0 Å². The quantitative estimate of drug-likeness (QED) is 0.623. The molecule has 0 fully saturated rings. The van der Waals surface area contributed by atoms with Crippen LogP contribution in [-0.4, -0.2) is 18.1 Å². The number of hydrogen-bond donors (Lipinski definition) is 0. The van der Waals surface area contributed by atoms with Crippen LogP contribution in [0.25, 0.3) is 0 Å². The maximum absolute atomic E-state index is 13.2. The molecule has 0 saturated carbocycles. The molecular formula is C11H9ClF4O3. The molecule has 0 saturated heterocycles. The summed E-state index contributed by atoms with van der Waals surface area (Å²) in [6.45, 7) is 1.07. The van der Waals surface area contributed by atoms with Gasteiger partial charge in [-0.15, -0.1) is 0 Å². The number of ether oxygens (including phenoxy) is 2. The lowest BCUT2D eigenvalue weighted by Crippen LogP contribution is -2.19. The fourth-order valence-electron chi connectivity index (χ4n) is 1.19. The van der Waals surface area contributed by atoms with Crippen LogP contribution < -0.4 is 4.74 Å². The summed E-state index contributed by atoms with van der Waals surface area (Å²) in [5.74, 6) is -1.52. The molecule has 0 aliphatic heterocycles. The molecule has 106 valence electrons. The van der Waals surface area contributed by atoms with Crippen molar-refractivity contribution in [1.82, 2.24) is 0 Å². The third-order valence-electron chi connectivity index (χ3n) is 2.03. The van der Waals surface area contributed by atoms with Crippen LogP contribution in [0, 0.1) is 5.82 Å². The minimum atomic E-state index is -4.60. The summed E-state index contributed by atoms with van der Waals surface area (Å²) in [5, 5.41) is 0. The van der Waals surface area contributed by atoms with Gasteiger partial charge in [0.05, 0.1) is 5.56 Å². The molecule has 1 aromatic rings. The van der Waals surface area contributed by atoms with Crippen molar-refractivity contribution < 1.29 is 31.8 Å². The minimum Gasteiger partial charge on any atom is -0.487 e. The Bertz CT molecular complexity index is 462. The minimum absolute atomic E-state index is 0.323. The third-order valence-corrected chi connectivity index (χ3v) is 2.12. The van der Waals surface area contributed by atoms with Gasteiger partial charge in [0.2, 0.25) is 0 Å². The number of carbonyl (C=O) groups is 1. The fraction of sp³-hybridized carbons (Fsp3) is 0.364. The van der Waals surface area contributed by atoms with Gasteiger partial charge in [-0.1, -0.05) is 0 Å². The first-order chi connectivity index (χ1) is 8.70. The van der Waals surface area contributed by atoms with E-state index in [1.54, 1.807) is 0 Å². The average molecular weight is 301 g/mol. The van der Waals surface area contributed by atoms with E-state index in [1.807, 2.05) is 0 Å². The topological polar surface area (TPSA) is 35.5 Å². The molecule has 1 atom stereocenters. The first kappa shape index (κ1) is 15.6. The van der Waals surface area contributed by atoms with Gasteiger partial charge in [-0.2, -0.15) is 13.2 Å². The van der Waals surface area contributed by atoms with Gasteiger partial charge in [-0.05, 0) is 25.1 Å². The van der Waals surface area contributed by atoms with Gasteiger partial charge in [-0.25, -0.2) is 9.18 Å². The van der Waals surface area contributed by atoms with Crippen LogP contribution in [0.3, 0.4) is 0 Å². The highest BCUT2D eigenvalue weighted by Gasteiger charge is 2.31. The van der Waals surface area contributed by atoms with Crippen molar-refractivity contribution in [3.8, 4) is 5.75 Å². The van der Waals surface area contributed by atoms with Crippen molar-refractivity contribution in [2.24, 2.45) is 0 Å². The molecular weight excluding hydrogens is 292 g/mol. The van der Waals surface area contributed by atoms with Gasteiger partial charge in [-0.3, -0.25) is 0 Å². The maximum Gasteiger partial charge on any atom is 0.416 e. The molecule has 19 heavy (non-hydrogen) atoms. The largest absolute Gasteiger partial charge is 0.487 e. The molecule has 1 rings (SSSR count). The first-order valence-corrected chi connectivity index (χ1v) is 5.43. The normalized spacial score (nSPS) is 12.9. The van der Waals surface area contributed by atoms with Crippen molar-refractivity contribution in [1.29, 1.82) is 0 Å². The summed E-state index contributed by atoms with van der Waals surface area (Å²) in [7, 11) is 0. The zero-order valence-corrected chi connectivity index (χ0v) is 10.4. The highest BCUT2D eigenvalue weighted by Crippen LogP contribution is 2.32. The molecule has 1 aromatic carbocycles. The van der Waals surface area contributed by atoms with Crippen LogP contribution in [0.4, 0.5) is 22.4 Å². The molecule has 8 heteroatoms. The highest BCUT2D eigenvalue weighted by molar-refractivity contribution is 6.61. The second-order valence-corrected chi connectivity index (χ2v) is 3.93. The monoisotopic (exact) mass is 300 g/mol. The van der Waals surface area contributed by atoms with Crippen molar-refractivity contribution in [2.75, 3.05) is 6.61 Å². The van der Waals surface area contributed by atoms with Crippen molar-refractivity contribution >= 4 is 17.0 Å². The highest BCUT2D eigenvalue weighted by atomic mass is 35.5. The van der Waals surface area contributed by atoms with Gasteiger partial charge < -0.3 is 9.47 Å². The zero-order valence-electron chi connectivity index (χ0n) is 9.63. The molecule has 0 spiro atoms. The summed E-state index contributed by atoms with van der Waals surface area (Å²) in [6, 6.07) is 1.78. The van der Waals surface area contributed by atoms with E-state index in [4.69, 9.17) is 16.3 Å². The van der Waals surface area contributed by atoms with E-state index in [9.17, 15) is 22.4 Å². The Morgan fingerprint density at radius 3 is 2.58 bits per heavy atom. The Labute approximate surface area is 111 Å². The van der Waals surface area contributed by atoms with Crippen molar-refractivity contribution in [3.63, 3.8) is 0 Å². The number of rotatable bonds is 4. The Hall–Kier alpha value is -1.50. The molecule has 3 nitrogen and oxygen atoms in total. The molecule has 0 heterocycles. The average Bonchev–Trinajstić information content (AvgIpc) is 2.25. The number of alkyl halides is 3. The zero-order chi connectivity index (χ0) is 14.6. The molecule has 0 radical (unpaired) electrons. The number of benzene rings is 1. The van der Waals surface area contributed by atoms with Crippen LogP contribution in [0.15, 0.2) is 18.2 Å². The van der Waals surface area contributed by atoms with E-state index in [0.717, 1.165) is 0 Å². The number of hydrogen-bond acceptors (Lipinski definition) is 3. The van der Waals surface area contributed by atoms with Crippen molar-refractivity contribution in [3.05, 3.63) is 29.6 Å². The van der Waals surface area contributed by atoms with Crippen LogP contribution in [0.1, 0.15) is 12.5 Å². The summed E-state index contributed by atoms with van der Waals surface area (Å²) in [5.41, 5.74) is -2.12. The predicted molar refractivity (Wildman–Crippen MR) is 58.7 cm³/mol. The van der Waals surface area contributed by atoms with Crippen LogP contribution in [-0.2, 0) is 10.9 Å². The fourth-order valence-corrected chi connectivity index (χ4v) is 1.34. The standard InChI is InChI=1S/C11H9ClF4O3/c1-6(19-10(12)17)5-18-9-4-7(11(14,15)16)2-3-8(9)13/h2-4,6H,5H2,1H3. The van der Waals surface area contributed by atoms with E-state index in [2.05, 4.69) is 4.74 Å². The molecule has 0 aliphatic carbocycles. The van der Waals surface area contributed by atoms with Gasteiger partial charge in [0.25, 0.3) is 0 Å². The van der Waals surface area contributed by atoms with Gasteiger partial charge in [0.15, 0.2) is 11.6 Å². The maximum atomic E-state index is 13.2. The Morgan fingerprint density at radius 2 is 2.05 bits per heavy atom. The summed E-state index contributed by atoms with van der Waals surface area (Å²) in [4.78, 5) is 10.4. The SMILES string of the molecule is CC(COc1cc(C(F)(F)F)ccc1F)OC(=O)Cl. The molecule has 0 bridgehead atoms. The molecule has 1 unspecified atom stereocenters. The van der Waals surface area contributed by atoms with Gasteiger partial charge >= 0.3 is 11.6 Å².